The van der Waals surface area contributed by atoms with Crippen LogP contribution in [0, 0.1) is 13.8 Å². The van der Waals surface area contributed by atoms with Crippen molar-refractivity contribution in [3.63, 3.8) is 0 Å². The van der Waals surface area contributed by atoms with Crippen molar-refractivity contribution in [3.8, 4) is 23.0 Å². The summed E-state index contributed by atoms with van der Waals surface area (Å²) >= 11 is -1.50. The van der Waals surface area contributed by atoms with Crippen molar-refractivity contribution in [2.75, 3.05) is 0 Å². The van der Waals surface area contributed by atoms with Crippen molar-refractivity contribution in [2.24, 2.45) is 14.1 Å². The molecule has 0 saturated heterocycles. The maximum Gasteiger partial charge on any atom is 0.335 e. The van der Waals surface area contributed by atoms with Gasteiger partial charge in [-0.25, -0.2) is 29.9 Å². The van der Waals surface area contributed by atoms with E-state index in [0.29, 0.717) is 5.56 Å². The molecule has 0 atom stereocenters. The normalized spacial score (nSPS) is 10.5. The van der Waals surface area contributed by atoms with Crippen LogP contribution < -0.4 is 0 Å². The molecule has 8 rings (SSSR count). The quantitative estimate of drug-likeness (QED) is 0.156. The van der Waals surface area contributed by atoms with E-state index in [1.54, 1.807) is 6.07 Å². The van der Waals surface area contributed by atoms with Gasteiger partial charge in [0.2, 0.25) is 0 Å². The summed E-state index contributed by atoms with van der Waals surface area (Å²) in [4.78, 5) is 39.4. The molecule has 6 aromatic heterocycles. The summed E-state index contributed by atoms with van der Waals surface area (Å²) in [6.45, 7) is 12.1. The summed E-state index contributed by atoms with van der Waals surface area (Å²) in [7, 11) is 3.97. The second-order valence-corrected chi connectivity index (χ2v) is 13.0. The molecule has 56 heavy (non-hydrogen) atoms. The van der Waals surface area contributed by atoms with Gasteiger partial charge in [0.05, 0.1) is 11.0 Å². The molecule has 284 valence electrons. The average molecular weight is 787 g/mol. The lowest BCUT2D eigenvalue weighted by molar-refractivity contribution is 0.112. The van der Waals surface area contributed by atoms with E-state index in [2.05, 4.69) is 54.7 Å². The Hall–Kier alpha value is -6.45. The molecule has 13 nitrogen and oxygen atoms in total. The van der Waals surface area contributed by atoms with Gasteiger partial charge in [0, 0.05) is 42.8 Å². The Balaban J connectivity index is 0.000000188. The fourth-order valence-electron chi connectivity index (χ4n) is 6.38. The first-order chi connectivity index (χ1) is 27.0. The highest BCUT2D eigenvalue weighted by atomic mass is 32.1. The van der Waals surface area contributed by atoms with E-state index in [-0.39, 0.29) is 0 Å². The van der Waals surface area contributed by atoms with Gasteiger partial charge < -0.3 is 9.13 Å². The van der Waals surface area contributed by atoms with Gasteiger partial charge >= 0.3 is 23.1 Å². The summed E-state index contributed by atoms with van der Waals surface area (Å²) in [5.74, 6) is 1.67. The molecule has 6 heterocycles. The zero-order chi connectivity index (χ0) is 40.5. The predicted octanol–water partition coefficient (Wildman–Crippen LogP) is 7.22. The first-order valence-electron chi connectivity index (χ1n) is 17.4. The first-order valence-corrected chi connectivity index (χ1v) is 18.7. The summed E-state index contributed by atoms with van der Waals surface area (Å²) in [6, 6.07) is 20.2. The Bertz CT molecular complexity index is 2640. The van der Waals surface area contributed by atoms with Crippen LogP contribution in [0.5, 0.6) is 0 Å². The molecule has 15 heteroatoms. The Labute approximate surface area is 329 Å². The Morgan fingerprint density at radius 1 is 0.607 bits per heavy atom. The number of hydrogen-bond donors (Lipinski definition) is 0. The molecule has 8 aromatic rings. The van der Waals surface area contributed by atoms with Crippen molar-refractivity contribution in [2.45, 2.75) is 40.5 Å². The van der Waals surface area contributed by atoms with Crippen molar-refractivity contribution in [1.29, 1.82) is 0 Å². The third-order valence-corrected chi connectivity index (χ3v) is 9.08. The second-order valence-electron chi connectivity index (χ2n) is 12.8. The number of nitrogens with zero attached hydrogens (tertiary/aromatic N) is 8. The van der Waals surface area contributed by atoms with E-state index in [9.17, 15) is 4.79 Å². The van der Waals surface area contributed by atoms with Crippen LogP contribution in [0.2, 0.25) is 0 Å². The number of hydrogen-bond acceptors (Lipinski definition) is 11. The summed E-state index contributed by atoms with van der Waals surface area (Å²) < 4.78 is 37.2. The largest absolute Gasteiger partial charge is 0.335 e. The van der Waals surface area contributed by atoms with Crippen LogP contribution in [0.4, 0.5) is 0 Å². The molecule has 0 N–H and O–H groups in total. The fourth-order valence-corrected chi connectivity index (χ4v) is 6.38. The Morgan fingerprint density at radius 2 is 1.02 bits per heavy atom. The molecular weight excluding hydrogens is 749 g/mol. The minimum Gasteiger partial charge on any atom is -0.311 e. The third-order valence-electron chi connectivity index (χ3n) is 9.08. The van der Waals surface area contributed by atoms with Crippen molar-refractivity contribution in [3.05, 3.63) is 113 Å². The van der Waals surface area contributed by atoms with E-state index < -0.39 is 23.1 Å². The summed E-state index contributed by atoms with van der Waals surface area (Å²) in [5, 5.41) is 2.10. The fraction of sp³-hybridized carbons (Fsp3) is 0.195. The second kappa shape index (κ2) is 18.3. The number of pyridine rings is 4. The van der Waals surface area contributed by atoms with Crippen molar-refractivity contribution in [1.82, 2.24) is 39.0 Å². The van der Waals surface area contributed by atoms with Crippen molar-refractivity contribution < 1.29 is 21.6 Å². The van der Waals surface area contributed by atoms with Crippen molar-refractivity contribution >= 4 is 79.6 Å². The molecule has 2 aromatic carbocycles. The Morgan fingerprint density at radius 3 is 1.41 bits per heavy atom. The zero-order valence-electron chi connectivity index (χ0n) is 31.6. The Kier molecular flexibility index (Phi) is 13.3. The van der Waals surface area contributed by atoms with E-state index in [4.69, 9.17) is 36.8 Å². The van der Waals surface area contributed by atoms with Gasteiger partial charge in [0.1, 0.15) is 28.7 Å². The minimum absolute atomic E-state index is 0.659. The topological polar surface area (TPSA) is 173 Å². The molecule has 0 aliphatic carbocycles. The van der Waals surface area contributed by atoms with Gasteiger partial charge in [-0.05, 0) is 109 Å². The highest BCUT2D eigenvalue weighted by molar-refractivity contribution is 7.51. The molecule has 0 aliphatic rings. The lowest BCUT2D eigenvalue weighted by Crippen LogP contribution is -2.00. The molecule has 0 unspecified atom stereocenters. The number of aldehydes is 1. The average Bonchev–Trinajstić information content (AvgIpc) is 3.71. The van der Waals surface area contributed by atoms with Crippen LogP contribution in [-0.4, -0.2) is 62.2 Å². The first kappa shape index (κ1) is 40.7. The number of aromatic nitrogens is 8. The van der Waals surface area contributed by atoms with Gasteiger partial charge in [-0.2, -0.15) is 16.8 Å². The molecule has 0 aliphatic heterocycles. The predicted molar refractivity (Wildman–Crippen MR) is 220 cm³/mol. The van der Waals surface area contributed by atoms with Gasteiger partial charge in [-0.1, -0.05) is 32.6 Å². The van der Waals surface area contributed by atoms with Crippen LogP contribution in [0.25, 0.3) is 73.2 Å². The molecule has 0 fully saturated rings. The molecule has 0 radical (unpaired) electrons. The third kappa shape index (κ3) is 8.59. The SMILES string of the molecule is C=Cc1ccc2nc(-c3nc4cc(C)cnc4n3C)c(CC)cc2c1.CCc1cc2cc(C=O)ccc2nc1-c1nc2cc(C)cnc2n1C.O=S=O.O=S=O. The highest BCUT2D eigenvalue weighted by Crippen LogP contribution is 2.30. The molecule has 0 bridgehead atoms. The summed E-state index contributed by atoms with van der Waals surface area (Å²) in [6.07, 6.45) is 8.17. The van der Waals surface area contributed by atoms with Crippen LogP contribution in [0.1, 0.15) is 52.0 Å². The minimum atomic E-state index is -0.750. The van der Waals surface area contributed by atoms with Crippen LogP contribution in [-0.2, 0) is 50.1 Å². The number of rotatable bonds is 6. The van der Waals surface area contributed by atoms with E-state index >= 15 is 0 Å². The lowest BCUT2D eigenvalue weighted by Gasteiger charge is -2.10. The lowest BCUT2D eigenvalue weighted by atomic mass is 10.0. The van der Waals surface area contributed by atoms with E-state index in [0.717, 1.165) is 109 Å². The molecule has 0 amide bonds. The van der Waals surface area contributed by atoms with Crippen LogP contribution in [0.15, 0.2) is 79.6 Å². The van der Waals surface area contributed by atoms with Gasteiger partial charge in [0.25, 0.3) is 0 Å². The van der Waals surface area contributed by atoms with Gasteiger partial charge in [-0.3, -0.25) is 4.79 Å². The maximum absolute atomic E-state index is 11.0. The number of fused-ring (bicyclic) bond motifs is 4. The van der Waals surface area contributed by atoms with Crippen LogP contribution >= 0.6 is 0 Å². The van der Waals surface area contributed by atoms with Crippen LogP contribution in [0.3, 0.4) is 0 Å². The van der Waals surface area contributed by atoms with E-state index in [1.807, 2.05) is 85.9 Å². The number of carbonyl (C=O) groups excluding carboxylic acids is 1. The van der Waals surface area contributed by atoms with Gasteiger partial charge in [-0.15, -0.1) is 0 Å². The number of imidazole rings is 2. The van der Waals surface area contributed by atoms with E-state index in [1.165, 1.54) is 5.56 Å². The highest BCUT2D eigenvalue weighted by Gasteiger charge is 2.18. The number of carbonyl (C=O) groups is 1. The van der Waals surface area contributed by atoms with Gasteiger partial charge in [0.15, 0.2) is 22.9 Å². The zero-order valence-corrected chi connectivity index (χ0v) is 33.3. The standard InChI is InChI=1S/C21H20N4.C20H18N4O.2O2S/c1-5-14-7-8-17-16(10-14)11-15(6-2)19(23-17)21-24-18-9-13(3)12-22-20(18)25(21)4;1-4-14-9-15-8-13(11-25)5-6-16(15)22-18(14)20-23-17-7-12(2)10-21-19(17)24(20)3;2*1-3-2/h5,7-12H,1,6H2,2-4H3;5-11H,4H2,1-3H3;;. The maximum atomic E-state index is 11.0. The monoisotopic (exact) mass is 786 g/mol. The summed E-state index contributed by atoms with van der Waals surface area (Å²) in [5.41, 5.74) is 13.4. The smallest absolute Gasteiger partial charge is 0.311 e. The molecule has 0 spiro atoms. The molecular formula is C41H38N8O5S2. The number of benzene rings is 2. The molecule has 0 saturated carbocycles. The number of aryl methyl sites for hydroxylation is 6.